The second kappa shape index (κ2) is 13.2. The van der Waals surface area contributed by atoms with Crippen LogP contribution in [-0.2, 0) is 17.6 Å². The van der Waals surface area contributed by atoms with Gasteiger partial charge >= 0.3 is 5.97 Å². The van der Waals surface area contributed by atoms with Crippen LogP contribution in [0.25, 0.3) is 11.1 Å². The summed E-state index contributed by atoms with van der Waals surface area (Å²) >= 11 is 5.78. The number of aryl methyl sites for hydroxylation is 2. The Morgan fingerprint density at radius 2 is 1.46 bits per heavy atom. The zero-order valence-electron chi connectivity index (χ0n) is 20.3. The molecule has 3 rings (SSSR count). The van der Waals surface area contributed by atoms with Crippen molar-refractivity contribution < 1.29 is 14.7 Å². The molecule has 2 aromatic carbocycles. The first-order chi connectivity index (χ1) is 17.7. The quantitative estimate of drug-likeness (QED) is 0.125. The number of halogens is 1. The maximum Gasteiger partial charge on any atom is 0.303 e. The number of carbonyl (C=O) groups is 2. The topological polar surface area (TPSA) is 180 Å². The van der Waals surface area contributed by atoms with Gasteiger partial charge in [0.1, 0.15) is 0 Å². The van der Waals surface area contributed by atoms with Crippen molar-refractivity contribution in [2.75, 3.05) is 18.0 Å². The predicted octanol–water partition coefficient (Wildman–Crippen LogP) is 3.65. The third-order valence-electron chi connectivity index (χ3n) is 5.67. The molecular weight excluding hydrogens is 494 g/mol. The van der Waals surface area contributed by atoms with Crippen LogP contribution in [0.2, 0.25) is 5.15 Å². The number of hydrogen-bond donors (Lipinski definition) is 6. The number of hydrogen-bond acceptors (Lipinski definition) is 7. The minimum Gasteiger partial charge on any atom is -0.481 e. The van der Waals surface area contributed by atoms with Crippen molar-refractivity contribution in [2.45, 2.75) is 38.5 Å². The van der Waals surface area contributed by atoms with Crippen molar-refractivity contribution >= 4 is 41.1 Å². The van der Waals surface area contributed by atoms with Gasteiger partial charge in [-0.1, -0.05) is 66.6 Å². The van der Waals surface area contributed by atoms with E-state index in [1.54, 1.807) is 0 Å². The Kier molecular flexibility index (Phi) is 9.79. The Labute approximate surface area is 220 Å². The monoisotopic (exact) mass is 523 g/mol. The SMILES string of the molecule is N=C(NCCCCCc1ccc(-c2ccc(CCC(=O)O)cc2)cc1)NC(=O)c1nc(Cl)c(N)nc1N. The third-order valence-corrected chi connectivity index (χ3v) is 5.95. The summed E-state index contributed by atoms with van der Waals surface area (Å²) in [6, 6.07) is 16.4. The lowest BCUT2D eigenvalue weighted by atomic mass is 9.99. The molecule has 1 heterocycles. The Morgan fingerprint density at radius 1 is 0.865 bits per heavy atom. The van der Waals surface area contributed by atoms with Crippen molar-refractivity contribution in [1.29, 1.82) is 5.41 Å². The van der Waals surface area contributed by atoms with Gasteiger partial charge in [-0.25, -0.2) is 9.97 Å². The maximum absolute atomic E-state index is 12.2. The molecule has 0 saturated carbocycles. The average Bonchev–Trinajstić information content (AvgIpc) is 2.87. The standard InChI is InChI=1S/C26H30ClN7O3/c27-22-24(29)33-23(28)21(32-22)25(37)34-26(30)31-15-3-1-2-4-16-5-10-18(11-6-16)19-12-7-17(8-13-19)9-14-20(35)36/h5-8,10-13H,1-4,9,14-15H2,(H,35,36)(H4,28,29,33)(H3,30,31,34,37). The Balaban J connectivity index is 1.34. The zero-order valence-corrected chi connectivity index (χ0v) is 21.0. The summed E-state index contributed by atoms with van der Waals surface area (Å²) < 4.78 is 0. The number of benzene rings is 2. The third kappa shape index (κ3) is 8.46. The highest BCUT2D eigenvalue weighted by Crippen LogP contribution is 2.22. The number of nitrogens with one attached hydrogen (secondary N) is 3. The fourth-order valence-corrected chi connectivity index (χ4v) is 3.78. The molecule has 0 spiro atoms. The van der Waals surface area contributed by atoms with E-state index in [4.69, 9.17) is 33.6 Å². The van der Waals surface area contributed by atoms with Gasteiger partial charge in [-0.05, 0) is 47.9 Å². The van der Waals surface area contributed by atoms with Crippen LogP contribution in [0.4, 0.5) is 11.6 Å². The van der Waals surface area contributed by atoms with Crippen molar-refractivity contribution in [2.24, 2.45) is 0 Å². The molecule has 0 atom stereocenters. The van der Waals surface area contributed by atoms with Crippen LogP contribution in [0, 0.1) is 5.41 Å². The van der Waals surface area contributed by atoms with E-state index in [-0.39, 0.29) is 34.9 Å². The molecule has 10 nitrogen and oxygen atoms in total. The number of anilines is 2. The molecule has 0 saturated heterocycles. The number of carboxylic acid groups (broad SMARTS) is 1. The van der Waals surface area contributed by atoms with Gasteiger partial charge in [-0.3, -0.25) is 20.3 Å². The normalized spacial score (nSPS) is 10.6. The van der Waals surface area contributed by atoms with Gasteiger partial charge in [0, 0.05) is 13.0 Å². The second-order valence-corrected chi connectivity index (χ2v) is 8.85. The Morgan fingerprint density at radius 3 is 2.05 bits per heavy atom. The molecule has 0 aliphatic carbocycles. The van der Waals surface area contributed by atoms with Crippen molar-refractivity contribution in [1.82, 2.24) is 20.6 Å². The molecule has 0 fully saturated rings. The van der Waals surface area contributed by atoms with Crippen LogP contribution >= 0.6 is 11.6 Å². The van der Waals surface area contributed by atoms with Crippen LogP contribution in [0.3, 0.4) is 0 Å². The molecule has 0 radical (unpaired) electrons. The predicted molar refractivity (Wildman–Crippen MR) is 144 cm³/mol. The summed E-state index contributed by atoms with van der Waals surface area (Å²) in [6.07, 6.45) is 4.39. The van der Waals surface area contributed by atoms with Crippen LogP contribution in [-0.4, -0.2) is 39.5 Å². The van der Waals surface area contributed by atoms with E-state index in [1.165, 1.54) is 5.56 Å². The summed E-state index contributed by atoms with van der Waals surface area (Å²) in [5.74, 6) is -1.87. The van der Waals surface area contributed by atoms with Crippen LogP contribution in [0.5, 0.6) is 0 Å². The Hall–Kier alpha value is -4.18. The highest BCUT2D eigenvalue weighted by Gasteiger charge is 2.17. The number of guanidine groups is 1. The fraction of sp³-hybridized carbons (Fsp3) is 0.269. The highest BCUT2D eigenvalue weighted by molar-refractivity contribution is 6.31. The van der Waals surface area contributed by atoms with Crippen LogP contribution in [0.15, 0.2) is 48.5 Å². The Bertz CT molecular complexity index is 1250. The van der Waals surface area contributed by atoms with E-state index >= 15 is 0 Å². The molecule has 0 aliphatic heterocycles. The van der Waals surface area contributed by atoms with Gasteiger partial charge in [0.15, 0.2) is 28.4 Å². The molecule has 1 amide bonds. The average molecular weight is 524 g/mol. The lowest BCUT2D eigenvalue weighted by Gasteiger charge is -2.10. The lowest BCUT2D eigenvalue weighted by Crippen LogP contribution is -2.41. The van der Waals surface area contributed by atoms with E-state index in [9.17, 15) is 9.59 Å². The molecule has 11 heteroatoms. The second-order valence-electron chi connectivity index (χ2n) is 8.49. The summed E-state index contributed by atoms with van der Waals surface area (Å²) in [5.41, 5.74) is 15.4. The number of carboxylic acids is 1. The largest absolute Gasteiger partial charge is 0.481 e. The molecule has 37 heavy (non-hydrogen) atoms. The van der Waals surface area contributed by atoms with Gasteiger partial charge in [0.05, 0.1) is 0 Å². The number of nitrogen functional groups attached to an aromatic ring is 2. The summed E-state index contributed by atoms with van der Waals surface area (Å²) in [5, 5.41) is 21.8. The number of nitrogens with zero attached hydrogens (tertiary/aromatic N) is 2. The molecule has 194 valence electrons. The highest BCUT2D eigenvalue weighted by atomic mass is 35.5. The van der Waals surface area contributed by atoms with E-state index in [0.717, 1.165) is 42.4 Å². The number of aromatic nitrogens is 2. The van der Waals surface area contributed by atoms with Crippen LogP contribution in [0.1, 0.15) is 47.3 Å². The van der Waals surface area contributed by atoms with Gasteiger partial charge in [0.2, 0.25) is 0 Å². The fourth-order valence-electron chi connectivity index (χ4n) is 3.65. The van der Waals surface area contributed by atoms with Crippen LogP contribution < -0.4 is 22.1 Å². The molecule has 0 bridgehead atoms. The molecule has 0 aliphatic rings. The van der Waals surface area contributed by atoms with Gasteiger partial charge in [-0.2, -0.15) is 0 Å². The van der Waals surface area contributed by atoms with E-state index in [2.05, 4.69) is 44.9 Å². The van der Waals surface area contributed by atoms with E-state index < -0.39 is 11.9 Å². The van der Waals surface area contributed by atoms with Gasteiger partial charge in [0.25, 0.3) is 5.91 Å². The number of aliphatic carboxylic acids is 1. The first kappa shape index (κ1) is 27.4. The first-order valence-electron chi connectivity index (χ1n) is 11.8. The van der Waals surface area contributed by atoms with E-state index in [1.807, 2.05) is 24.3 Å². The molecule has 0 unspecified atom stereocenters. The number of carbonyl (C=O) groups excluding carboxylic acids is 1. The summed E-state index contributed by atoms with van der Waals surface area (Å²) in [4.78, 5) is 30.5. The number of amides is 1. The summed E-state index contributed by atoms with van der Waals surface area (Å²) in [6.45, 7) is 0.532. The molecule has 3 aromatic rings. The lowest BCUT2D eigenvalue weighted by molar-refractivity contribution is -0.136. The van der Waals surface area contributed by atoms with E-state index in [0.29, 0.717) is 13.0 Å². The minimum absolute atomic E-state index is 0.0686. The smallest absolute Gasteiger partial charge is 0.303 e. The van der Waals surface area contributed by atoms with Gasteiger partial charge < -0.3 is 21.9 Å². The number of nitrogens with two attached hydrogens (primary N) is 2. The zero-order chi connectivity index (χ0) is 26.8. The number of unbranched alkanes of at least 4 members (excludes halogenated alkanes) is 2. The first-order valence-corrected chi connectivity index (χ1v) is 12.2. The van der Waals surface area contributed by atoms with Crippen molar-refractivity contribution in [3.63, 3.8) is 0 Å². The molecule has 1 aromatic heterocycles. The minimum atomic E-state index is -0.790. The molecule has 8 N–H and O–H groups in total. The van der Waals surface area contributed by atoms with Crippen molar-refractivity contribution in [3.05, 3.63) is 70.5 Å². The maximum atomic E-state index is 12.2. The summed E-state index contributed by atoms with van der Waals surface area (Å²) in [7, 11) is 0. The number of rotatable bonds is 11. The molecular formula is C26H30ClN7O3. The van der Waals surface area contributed by atoms with Gasteiger partial charge in [-0.15, -0.1) is 0 Å². The van der Waals surface area contributed by atoms with Crippen molar-refractivity contribution in [3.8, 4) is 11.1 Å².